The molecule has 4 heteroatoms. The van der Waals surface area contributed by atoms with Crippen LogP contribution in [0.5, 0.6) is 0 Å². The molecule has 1 fully saturated rings. The molecule has 1 rings (SSSR count). The van der Waals surface area contributed by atoms with Gasteiger partial charge in [0.15, 0.2) is 0 Å². The Balaban J connectivity index is 2.27. The van der Waals surface area contributed by atoms with Gasteiger partial charge in [-0.15, -0.1) is 0 Å². The lowest BCUT2D eigenvalue weighted by molar-refractivity contribution is -0.0163. The number of ether oxygens (including phenoxy) is 1. The van der Waals surface area contributed by atoms with Crippen molar-refractivity contribution in [1.82, 2.24) is 5.32 Å². The minimum atomic E-state index is 0.0614. The second kappa shape index (κ2) is 7.54. The molecule has 1 atom stereocenters. The fraction of sp³-hybridized carbons (Fsp3) is 1.00. The largest absolute Gasteiger partial charge is 0.396 e. The first-order valence-electron chi connectivity index (χ1n) is 6.13. The van der Waals surface area contributed by atoms with Crippen LogP contribution in [0.2, 0.25) is 0 Å². The van der Waals surface area contributed by atoms with Gasteiger partial charge in [-0.3, -0.25) is 0 Å². The SMILES string of the molecule is CSCC[C@H](C)NCC1(CO)CCOCC1. The van der Waals surface area contributed by atoms with E-state index in [4.69, 9.17) is 4.74 Å². The van der Waals surface area contributed by atoms with Crippen LogP contribution in [0.15, 0.2) is 0 Å². The van der Waals surface area contributed by atoms with E-state index in [0.29, 0.717) is 6.04 Å². The van der Waals surface area contributed by atoms with Gasteiger partial charge in [-0.05, 0) is 38.2 Å². The summed E-state index contributed by atoms with van der Waals surface area (Å²) < 4.78 is 5.36. The van der Waals surface area contributed by atoms with Gasteiger partial charge in [0.1, 0.15) is 0 Å². The summed E-state index contributed by atoms with van der Waals surface area (Å²) in [5, 5.41) is 13.1. The molecule has 0 bridgehead atoms. The first kappa shape index (κ1) is 14.3. The average molecular weight is 247 g/mol. The molecule has 0 unspecified atom stereocenters. The van der Waals surface area contributed by atoms with Crippen molar-refractivity contribution in [3.05, 3.63) is 0 Å². The van der Waals surface area contributed by atoms with Gasteiger partial charge in [-0.1, -0.05) is 0 Å². The highest BCUT2D eigenvalue weighted by atomic mass is 32.2. The third-order valence-corrected chi connectivity index (χ3v) is 4.11. The number of rotatable bonds is 7. The maximum Gasteiger partial charge on any atom is 0.0501 e. The predicted octanol–water partition coefficient (Wildman–Crippen LogP) is 1.51. The summed E-state index contributed by atoms with van der Waals surface area (Å²) in [6.45, 7) is 5.00. The van der Waals surface area contributed by atoms with Crippen molar-refractivity contribution in [2.75, 3.05) is 38.4 Å². The summed E-state index contributed by atoms with van der Waals surface area (Å²) in [5.74, 6) is 1.20. The Bertz CT molecular complexity index is 184. The molecular weight excluding hydrogens is 222 g/mol. The average Bonchev–Trinajstić information content (AvgIpc) is 2.35. The van der Waals surface area contributed by atoms with Crippen molar-refractivity contribution in [2.24, 2.45) is 5.41 Å². The summed E-state index contributed by atoms with van der Waals surface area (Å²) in [5.41, 5.74) is 0.0614. The van der Waals surface area contributed by atoms with Crippen LogP contribution in [0.3, 0.4) is 0 Å². The van der Waals surface area contributed by atoms with E-state index in [1.165, 1.54) is 12.2 Å². The van der Waals surface area contributed by atoms with Gasteiger partial charge in [-0.25, -0.2) is 0 Å². The second-order valence-electron chi connectivity index (χ2n) is 4.83. The van der Waals surface area contributed by atoms with E-state index in [9.17, 15) is 5.11 Å². The van der Waals surface area contributed by atoms with Crippen molar-refractivity contribution >= 4 is 11.8 Å². The maximum absolute atomic E-state index is 9.53. The minimum Gasteiger partial charge on any atom is -0.396 e. The third kappa shape index (κ3) is 4.62. The monoisotopic (exact) mass is 247 g/mol. The lowest BCUT2D eigenvalue weighted by Crippen LogP contribution is -2.44. The normalized spacial score (nSPS) is 21.9. The fourth-order valence-corrected chi connectivity index (χ4v) is 2.57. The van der Waals surface area contributed by atoms with E-state index in [2.05, 4.69) is 18.5 Å². The molecular formula is C12H25NO2S. The first-order chi connectivity index (χ1) is 7.72. The molecule has 96 valence electrons. The smallest absolute Gasteiger partial charge is 0.0501 e. The molecule has 0 radical (unpaired) electrons. The maximum atomic E-state index is 9.53. The molecule has 0 aromatic heterocycles. The van der Waals surface area contributed by atoms with Crippen LogP contribution in [-0.4, -0.2) is 49.5 Å². The zero-order valence-corrected chi connectivity index (χ0v) is 11.3. The van der Waals surface area contributed by atoms with E-state index < -0.39 is 0 Å². The Kier molecular flexibility index (Phi) is 6.73. The van der Waals surface area contributed by atoms with Crippen LogP contribution in [-0.2, 0) is 4.74 Å². The van der Waals surface area contributed by atoms with Gasteiger partial charge in [0.05, 0.1) is 6.61 Å². The molecule has 1 aliphatic heterocycles. The number of aliphatic hydroxyl groups is 1. The van der Waals surface area contributed by atoms with Gasteiger partial charge >= 0.3 is 0 Å². The highest BCUT2D eigenvalue weighted by Gasteiger charge is 2.31. The van der Waals surface area contributed by atoms with Crippen molar-refractivity contribution in [3.8, 4) is 0 Å². The lowest BCUT2D eigenvalue weighted by Gasteiger charge is -2.36. The Morgan fingerprint density at radius 2 is 2.12 bits per heavy atom. The van der Waals surface area contributed by atoms with Crippen LogP contribution < -0.4 is 5.32 Å². The number of hydrogen-bond acceptors (Lipinski definition) is 4. The van der Waals surface area contributed by atoms with E-state index in [1.54, 1.807) is 0 Å². The Labute approximate surface area is 103 Å². The molecule has 0 aromatic carbocycles. The number of nitrogens with one attached hydrogen (secondary N) is 1. The fourth-order valence-electron chi connectivity index (χ4n) is 1.98. The van der Waals surface area contributed by atoms with Crippen molar-refractivity contribution in [2.45, 2.75) is 32.2 Å². The second-order valence-corrected chi connectivity index (χ2v) is 5.82. The van der Waals surface area contributed by atoms with Gasteiger partial charge in [-0.2, -0.15) is 11.8 Å². The summed E-state index contributed by atoms with van der Waals surface area (Å²) >= 11 is 1.89. The first-order valence-corrected chi connectivity index (χ1v) is 7.53. The van der Waals surface area contributed by atoms with Crippen molar-refractivity contribution < 1.29 is 9.84 Å². The van der Waals surface area contributed by atoms with Gasteiger partial charge < -0.3 is 15.2 Å². The number of thioether (sulfide) groups is 1. The molecule has 0 spiro atoms. The Morgan fingerprint density at radius 3 is 2.69 bits per heavy atom. The molecule has 0 saturated carbocycles. The standard InChI is InChI=1S/C12H25NO2S/c1-11(3-8-16-2)13-9-12(10-14)4-6-15-7-5-12/h11,13-14H,3-10H2,1-2H3/t11-/m0/s1. The van der Waals surface area contributed by atoms with Crippen LogP contribution >= 0.6 is 11.8 Å². The van der Waals surface area contributed by atoms with Crippen molar-refractivity contribution in [1.29, 1.82) is 0 Å². The predicted molar refractivity (Wildman–Crippen MR) is 70.0 cm³/mol. The molecule has 0 aromatic rings. The summed E-state index contributed by atoms with van der Waals surface area (Å²) in [6, 6.07) is 0.540. The third-order valence-electron chi connectivity index (χ3n) is 3.47. The highest BCUT2D eigenvalue weighted by molar-refractivity contribution is 7.98. The molecule has 1 saturated heterocycles. The molecule has 0 aliphatic carbocycles. The van der Waals surface area contributed by atoms with Crippen LogP contribution in [0.4, 0.5) is 0 Å². The molecule has 2 N–H and O–H groups in total. The van der Waals surface area contributed by atoms with Gasteiger partial charge in [0, 0.05) is 31.2 Å². The highest BCUT2D eigenvalue weighted by Crippen LogP contribution is 2.29. The molecule has 3 nitrogen and oxygen atoms in total. The van der Waals surface area contributed by atoms with Gasteiger partial charge in [0.25, 0.3) is 0 Å². The topological polar surface area (TPSA) is 41.5 Å². The quantitative estimate of drug-likeness (QED) is 0.715. The van der Waals surface area contributed by atoms with Crippen LogP contribution in [0.25, 0.3) is 0 Å². The molecule has 16 heavy (non-hydrogen) atoms. The molecule has 1 heterocycles. The van der Waals surface area contributed by atoms with Crippen LogP contribution in [0, 0.1) is 5.41 Å². The zero-order valence-electron chi connectivity index (χ0n) is 10.5. The zero-order chi connectivity index (χ0) is 11.9. The molecule has 0 amide bonds. The van der Waals surface area contributed by atoms with E-state index in [0.717, 1.165) is 32.6 Å². The Hall–Kier alpha value is 0.230. The number of hydrogen-bond donors (Lipinski definition) is 2. The summed E-state index contributed by atoms with van der Waals surface area (Å²) in [6.07, 6.45) is 5.29. The lowest BCUT2D eigenvalue weighted by atomic mass is 9.81. The minimum absolute atomic E-state index is 0.0614. The van der Waals surface area contributed by atoms with Crippen molar-refractivity contribution in [3.63, 3.8) is 0 Å². The Morgan fingerprint density at radius 1 is 1.44 bits per heavy atom. The number of aliphatic hydroxyl groups excluding tert-OH is 1. The summed E-state index contributed by atoms with van der Waals surface area (Å²) in [4.78, 5) is 0. The van der Waals surface area contributed by atoms with E-state index in [1.807, 2.05) is 11.8 Å². The summed E-state index contributed by atoms with van der Waals surface area (Å²) in [7, 11) is 0. The van der Waals surface area contributed by atoms with E-state index >= 15 is 0 Å². The molecule has 1 aliphatic rings. The van der Waals surface area contributed by atoms with Crippen LogP contribution in [0.1, 0.15) is 26.2 Å². The van der Waals surface area contributed by atoms with Gasteiger partial charge in [0.2, 0.25) is 0 Å². The van der Waals surface area contributed by atoms with E-state index in [-0.39, 0.29) is 12.0 Å².